The van der Waals surface area contributed by atoms with Crippen molar-refractivity contribution in [2.24, 2.45) is 0 Å². The molecule has 0 atom stereocenters. The largest absolute Gasteiger partial charge is 0.469 e. The Kier molecular flexibility index (Phi) is 5.44. The Morgan fingerprint density at radius 1 is 1.48 bits per heavy atom. The lowest BCUT2D eigenvalue weighted by Crippen LogP contribution is -2.14. The number of hydrogen-bond acceptors (Lipinski definition) is 6. The molecule has 2 aromatic rings. The number of rotatable bonds is 7. The predicted octanol–water partition coefficient (Wildman–Crippen LogP) is 1.54. The van der Waals surface area contributed by atoms with Crippen LogP contribution in [0.15, 0.2) is 17.6 Å². The number of H-pyrrole nitrogens is 1. The van der Waals surface area contributed by atoms with Crippen LogP contribution in [-0.2, 0) is 27.2 Å². The molecule has 1 amide bonds. The molecule has 2 N–H and O–H groups in total. The molecule has 0 saturated carbocycles. The first-order valence-corrected chi connectivity index (χ1v) is 7.34. The Labute approximate surface area is 125 Å². The number of thiazole rings is 1. The number of nitrogens with one attached hydrogen (secondary N) is 2. The number of carbonyl (C=O) groups is 2. The number of aromatic amines is 1. The summed E-state index contributed by atoms with van der Waals surface area (Å²) in [7, 11) is 1.37. The van der Waals surface area contributed by atoms with Crippen LogP contribution in [0.4, 0.5) is 5.13 Å². The molecule has 21 heavy (non-hydrogen) atoms. The predicted molar refractivity (Wildman–Crippen MR) is 78.0 cm³/mol. The van der Waals surface area contributed by atoms with Gasteiger partial charge >= 0.3 is 5.97 Å². The Morgan fingerprint density at radius 3 is 3.05 bits per heavy atom. The molecule has 0 aliphatic carbocycles. The smallest absolute Gasteiger partial charge is 0.305 e. The summed E-state index contributed by atoms with van der Waals surface area (Å²) in [5.41, 5.74) is 1.61. The Bertz CT molecular complexity index is 594. The number of carbonyl (C=O) groups excluding carboxylic acids is 2. The zero-order chi connectivity index (χ0) is 15.1. The standard InChI is InChI=1S/C13H16N4O3S/c1-20-12(19)4-2-3-10-8-21-13(15-10)16-11(18)7-9-5-6-14-17-9/h5-6,8H,2-4,7H2,1H3,(H,14,17)(H,15,16,18). The second-order valence-corrected chi connectivity index (χ2v) is 5.24. The zero-order valence-corrected chi connectivity index (χ0v) is 12.4. The van der Waals surface area contributed by atoms with Crippen molar-refractivity contribution in [2.75, 3.05) is 12.4 Å². The number of aryl methyl sites for hydroxylation is 1. The second kappa shape index (κ2) is 7.53. The summed E-state index contributed by atoms with van der Waals surface area (Å²) < 4.78 is 4.57. The van der Waals surface area contributed by atoms with E-state index in [-0.39, 0.29) is 18.3 Å². The van der Waals surface area contributed by atoms with Gasteiger partial charge in [0.15, 0.2) is 5.13 Å². The van der Waals surface area contributed by atoms with Gasteiger partial charge in [-0.3, -0.25) is 14.7 Å². The molecule has 0 saturated heterocycles. The third-order valence-electron chi connectivity index (χ3n) is 2.75. The fraction of sp³-hybridized carbons (Fsp3) is 0.385. The third-order valence-corrected chi connectivity index (χ3v) is 3.56. The summed E-state index contributed by atoms with van der Waals surface area (Å²) in [4.78, 5) is 27.1. The van der Waals surface area contributed by atoms with Gasteiger partial charge in [0.25, 0.3) is 0 Å². The van der Waals surface area contributed by atoms with Crippen molar-refractivity contribution < 1.29 is 14.3 Å². The topological polar surface area (TPSA) is 97.0 Å². The molecule has 0 fully saturated rings. The number of amides is 1. The van der Waals surface area contributed by atoms with Gasteiger partial charge in [-0.15, -0.1) is 11.3 Å². The van der Waals surface area contributed by atoms with E-state index in [0.717, 1.165) is 11.4 Å². The van der Waals surface area contributed by atoms with Gasteiger partial charge in [0.2, 0.25) is 5.91 Å². The highest BCUT2D eigenvalue weighted by Gasteiger charge is 2.09. The van der Waals surface area contributed by atoms with Crippen molar-refractivity contribution in [3.8, 4) is 0 Å². The van der Waals surface area contributed by atoms with Gasteiger partial charge in [-0.25, -0.2) is 4.98 Å². The molecule has 2 heterocycles. The summed E-state index contributed by atoms with van der Waals surface area (Å²) in [6.07, 6.45) is 3.57. The first-order valence-electron chi connectivity index (χ1n) is 6.46. The third kappa shape index (κ3) is 4.99. The molecule has 0 spiro atoms. The molecular weight excluding hydrogens is 292 g/mol. The van der Waals surface area contributed by atoms with Crippen molar-refractivity contribution in [3.63, 3.8) is 0 Å². The molecule has 0 aliphatic rings. The number of methoxy groups -OCH3 is 1. The van der Waals surface area contributed by atoms with E-state index in [1.54, 1.807) is 12.3 Å². The van der Waals surface area contributed by atoms with Crippen LogP contribution < -0.4 is 5.32 Å². The van der Waals surface area contributed by atoms with Gasteiger partial charge in [-0.2, -0.15) is 5.10 Å². The summed E-state index contributed by atoms with van der Waals surface area (Å²) in [5, 5.41) is 11.7. The summed E-state index contributed by atoms with van der Waals surface area (Å²) in [5.74, 6) is -0.368. The lowest BCUT2D eigenvalue weighted by atomic mass is 10.2. The second-order valence-electron chi connectivity index (χ2n) is 4.38. The lowest BCUT2D eigenvalue weighted by molar-refractivity contribution is -0.140. The van der Waals surface area contributed by atoms with Crippen LogP contribution in [0.5, 0.6) is 0 Å². The molecular formula is C13H16N4O3S. The highest BCUT2D eigenvalue weighted by Crippen LogP contribution is 2.17. The molecule has 2 aromatic heterocycles. The van der Waals surface area contributed by atoms with Crippen LogP contribution in [0, 0.1) is 0 Å². The maximum absolute atomic E-state index is 11.8. The number of hydrogen-bond donors (Lipinski definition) is 2. The Balaban J connectivity index is 1.77. The fourth-order valence-electron chi connectivity index (χ4n) is 1.71. The normalized spacial score (nSPS) is 10.3. The average Bonchev–Trinajstić information content (AvgIpc) is 3.10. The Hall–Kier alpha value is -2.22. The minimum atomic E-state index is -0.224. The molecule has 112 valence electrons. The van der Waals surface area contributed by atoms with E-state index in [1.165, 1.54) is 18.4 Å². The molecule has 7 nitrogen and oxygen atoms in total. The summed E-state index contributed by atoms with van der Waals surface area (Å²) >= 11 is 1.37. The van der Waals surface area contributed by atoms with E-state index in [9.17, 15) is 9.59 Å². The van der Waals surface area contributed by atoms with Crippen LogP contribution in [0.3, 0.4) is 0 Å². The first kappa shape index (κ1) is 15.2. The lowest BCUT2D eigenvalue weighted by Gasteiger charge is -1.99. The number of esters is 1. The van der Waals surface area contributed by atoms with Gasteiger partial charge in [0.05, 0.1) is 19.2 Å². The molecule has 2 rings (SSSR count). The van der Waals surface area contributed by atoms with Crippen molar-refractivity contribution >= 4 is 28.3 Å². The average molecular weight is 308 g/mol. The van der Waals surface area contributed by atoms with Gasteiger partial charge in [0, 0.05) is 23.7 Å². The van der Waals surface area contributed by atoms with Gasteiger partial charge < -0.3 is 10.1 Å². The number of ether oxygens (including phenoxy) is 1. The highest BCUT2D eigenvalue weighted by molar-refractivity contribution is 7.13. The maximum Gasteiger partial charge on any atom is 0.305 e. The van der Waals surface area contributed by atoms with Crippen molar-refractivity contribution in [3.05, 3.63) is 29.0 Å². The summed E-state index contributed by atoms with van der Waals surface area (Å²) in [6.45, 7) is 0. The minimum Gasteiger partial charge on any atom is -0.469 e. The van der Waals surface area contributed by atoms with Crippen LogP contribution in [0.25, 0.3) is 0 Å². The van der Waals surface area contributed by atoms with E-state index in [2.05, 4.69) is 25.2 Å². The molecule has 0 unspecified atom stereocenters. The molecule has 0 radical (unpaired) electrons. The minimum absolute atomic E-state index is 0.144. The van der Waals surface area contributed by atoms with Crippen molar-refractivity contribution in [1.29, 1.82) is 0 Å². The van der Waals surface area contributed by atoms with Crippen LogP contribution in [0.2, 0.25) is 0 Å². The van der Waals surface area contributed by atoms with Crippen LogP contribution >= 0.6 is 11.3 Å². The number of anilines is 1. The molecule has 8 heteroatoms. The fourth-order valence-corrected chi connectivity index (χ4v) is 2.48. The number of aromatic nitrogens is 3. The Morgan fingerprint density at radius 2 is 2.33 bits per heavy atom. The molecule has 0 aromatic carbocycles. The number of nitrogens with zero attached hydrogens (tertiary/aromatic N) is 2. The van der Waals surface area contributed by atoms with E-state index in [0.29, 0.717) is 24.4 Å². The van der Waals surface area contributed by atoms with E-state index < -0.39 is 0 Å². The monoisotopic (exact) mass is 308 g/mol. The van der Waals surface area contributed by atoms with E-state index in [1.807, 2.05) is 5.38 Å². The first-order chi connectivity index (χ1) is 10.2. The van der Waals surface area contributed by atoms with Gasteiger partial charge in [0.1, 0.15) is 0 Å². The maximum atomic E-state index is 11.8. The molecule has 0 bridgehead atoms. The van der Waals surface area contributed by atoms with Crippen molar-refractivity contribution in [1.82, 2.24) is 15.2 Å². The zero-order valence-electron chi connectivity index (χ0n) is 11.6. The summed E-state index contributed by atoms with van der Waals surface area (Å²) in [6, 6.07) is 1.75. The van der Waals surface area contributed by atoms with E-state index in [4.69, 9.17) is 0 Å². The van der Waals surface area contributed by atoms with Gasteiger partial charge in [-0.1, -0.05) is 0 Å². The van der Waals surface area contributed by atoms with Crippen molar-refractivity contribution in [2.45, 2.75) is 25.7 Å². The highest BCUT2D eigenvalue weighted by atomic mass is 32.1. The SMILES string of the molecule is COC(=O)CCCc1csc(NC(=O)Cc2ccn[nH]2)n1. The molecule has 0 aliphatic heterocycles. The van der Waals surface area contributed by atoms with Crippen LogP contribution in [0.1, 0.15) is 24.2 Å². The van der Waals surface area contributed by atoms with E-state index >= 15 is 0 Å². The van der Waals surface area contributed by atoms with Crippen LogP contribution in [-0.4, -0.2) is 34.2 Å². The quantitative estimate of drug-likeness (QED) is 0.756. The van der Waals surface area contributed by atoms with Gasteiger partial charge in [-0.05, 0) is 18.9 Å².